The number of nitrogens with one attached hydrogen (secondary N) is 1. The van der Waals surface area contributed by atoms with E-state index in [9.17, 15) is 21.6 Å². The molecule has 0 spiro atoms. The lowest BCUT2D eigenvalue weighted by molar-refractivity contribution is -0.0447. The van der Waals surface area contributed by atoms with Gasteiger partial charge in [-0.15, -0.1) is 0 Å². The highest BCUT2D eigenvalue weighted by atomic mass is 32.2. The van der Waals surface area contributed by atoms with Crippen molar-refractivity contribution in [2.24, 2.45) is 0 Å². The summed E-state index contributed by atoms with van der Waals surface area (Å²) in [5.41, 5.74) is -2.16. The monoisotopic (exact) mass is 362 g/mol. The Morgan fingerprint density at radius 2 is 1.92 bits per heavy atom. The van der Waals surface area contributed by atoms with Crippen LogP contribution in [0.4, 0.5) is 13.2 Å². The molecule has 0 atom stereocenters. The molecule has 1 aliphatic heterocycles. The average molecular weight is 362 g/mol. The third kappa shape index (κ3) is 3.40. The van der Waals surface area contributed by atoms with E-state index in [1.165, 1.54) is 0 Å². The molecule has 3 rings (SSSR count). The lowest BCUT2D eigenvalue weighted by Gasteiger charge is -2.27. The van der Waals surface area contributed by atoms with Gasteiger partial charge in [-0.05, 0) is 31.5 Å². The van der Waals surface area contributed by atoms with E-state index in [0.717, 1.165) is 23.6 Å². The molecule has 0 aliphatic carbocycles. The molecular formula is C14H17F3N4O2S. The SMILES string of the molecule is O=S(=O)(NCCCCN1Cc2cccc3ncc(n23)C1)C(F)(F)F. The van der Waals surface area contributed by atoms with E-state index in [1.54, 1.807) is 4.72 Å². The Morgan fingerprint density at radius 3 is 2.67 bits per heavy atom. The largest absolute Gasteiger partial charge is 0.511 e. The molecule has 6 nitrogen and oxygen atoms in total. The van der Waals surface area contributed by atoms with Crippen molar-refractivity contribution in [2.45, 2.75) is 31.4 Å². The van der Waals surface area contributed by atoms with Crippen LogP contribution in [0.5, 0.6) is 0 Å². The summed E-state index contributed by atoms with van der Waals surface area (Å²) in [6.07, 6.45) is 2.77. The van der Waals surface area contributed by atoms with Gasteiger partial charge in [-0.2, -0.15) is 13.2 Å². The summed E-state index contributed by atoms with van der Waals surface area (Å²) in [5, 5.41) is 0. The first-order chi connectivity index (χ1) is 11.3. The first-order valence-corrected chi connectivity index (χ1v) is 8.99. The van der Waals surface area contributed by atoms with Crippen LogP contribution in [-0.4, -0.2) is 41.3 Å². The standard InChI is InChI=1S/C14H17F3N4O2S/c15-14(16,17)24(22,23)19-6-1-2-7-20-9-11-4-3-5-13-18-8-12(10-20)21(11)13/h3-5,8,19H,1-2,6-7,9-10H2. The molecule has 0 saturated carbocycles. The van der Waals surface area contributed by atoms with Gasteiger partial charge in [-0.25, -0.2) is 18.1 Å². The Kier molecular flexibility index (Phi) is 4.54. The van der Waals surface area contributed by atoms with Crippen molar-refractivity contribution < 1.29 is 21.6 Å². The van der Waals surface area contributed by atoms with Gasteiger partial charge in [0.05, 0.1) is 11.9 Å². The van der Waals surface area contributed by atoms with Crippen molar-refractivity contribution in [1.29, 1.82) is 0 Å². The number of imidazole rings is 1. The Balaban J connectivity index is 1.48. The van der Waals surface area contributed by atoms with Crippen molar-refractivity contribution in [1.82, 2.24) is 19.0 Å². The smallest absolute Gasteiger partial charge is 0.298 e. The van der Waals surface area contributed by atoms with Gasteiger partial charge in [0.15, 0.2) is 0 Å². The minimum absolute atomic E-state index is 0.219. The van der Waals surface area contributed by atoms with Crippen molar-refractivity contribution >= 4 is 15.7 Å². The Morgan fingerprint density at radius 1 is 1.17 bits per heavy atom. The van der Waals surface area contributed by atoms with E-state index < -0.39 is 15.5 Å². The summed E-state index contributed by atoms with van der Waals surface area (Å²) in [7, 11) is -5.24. The third-order valence-corrected chi connectivity index (χ3v) is 5.15. The number of unbranched alkanes of at least 4 members (excludes halogenated alkanes) is 1. The van der Waals surface area contributed by atoms with Crippen molar-refractivity contribution in [3.63, 3.8) is 0 Å². The van der Waals surface area contributed by atoms with E-state index >= 15 is 0 Å². The molecule has 0 bridgehead atoms. The van der Waals surface area contributed by atoms with Crippen LogP contribution < -0.4 is 4.72 Å². The number of rotatable bonds is 6. The van der Waals surface area contributed by atoms with E-state index in [-0.39, 0.29) is 6.54 Å². The molecule has 2 aromatic heterocycles. The first-order valence-electron chi connectivity index (χ1n) is 7.50. The topological polar surface area (TPSA) is 66.7 Å². The molecule has 3 heterocycles. The van der Waals surface area contributed by atoms with Crippen molar-refractivity contribution in [2.75, 3.05) is 13.1 Å². The number of nitrogens with zero attached hydrogens (tertiary/aromatic N) is 3. The molecule has 0 unspecified atom stereocenters. The second kappa shape index (κ2) is 6.34. The van der Waals surface area contributed by atoms with Crippen LogP contribution in [0.25, 0.3) is 5.65 Å². The van der Waals surface area contributed by atoms with E-state index in [0.29, 0.717) is 25.9 Å². The lowest BCUT2D eigenvalue weighted by atomic mass is 10.2. The van der Waals surface area contributed by atoms with Gasteiger partial charge in [0, 0.05) is 25.3 Å². The number of hydrogen-bond acceptors (Lipinski definition) is 4. The number of sulfonamides is 1. The van der Waals surface area contributed by atoms with Crippen LogP contribution in [0.15, 0.2) is 24.4 Å². The van der Waals surface area contributed by atoms with E-state index in [1.807, 2.05) is 24.4 Å². The number of pyridine rings is 1. The highest BCUT2D eigenvalue weighted by Gasteiger charge is 2.45. The predicted octanol–water partition coefficient (Wildman–Crippen LogP) is 1.87. The Bertz CT molecular complexity index is 832. The molecule has 24 heavy (non-hydrogen) atoms. The van der Waals surface area contributed by atoms with Gasteiger partial charge in [0.2, 0.25) is 0 Å². The molecule has 132 valence electrons. The fraction of sp³-hybridized carbons (Fsp3) is 0.500. The molecule has 1 N–H and O–H groups in total. The maximum atomic E-state index is 12.2. The number of aromatic nitrogens is 2. The summed E-state index contributed by atoms with van der Waals surface area (Å²) in [4.78, 5) is 6.51. The third-order valence-electron chi connectivity index (χ3n) is 3.95. The minimum atomic E-state index is -5.25. The summed E-state index contributed by atoms with van der Waals surface area (Å²) >= 11 is 0. The maximum Gasteiger partial charge on any atom is 0.511 e. The lowest BCUT2D eigenvalue weighted by Crippen LogP contribution is -2.37. The molecule has 10 heteroatoms. The minimum Gasteiger partial charge on any atom is -0.298 e. The molecule has 0 aromatic carbocycles. The van der Waals surface area contributed by atoms with Crippen LogP contribution in [0, 0.1) is 0 Å². The van der Waals surface area contributed by atoms with Crippen LogP contribution >= 0.6 is 0 Å². The molecular weight excluding hydrogens is 345 g/mol. The second-order valence-electron chi connectivity index (χ2n) is 5.72. The molecule has 2 aromatic rings. The fourth-order valence-corrected chi connectivity index (χ4v) is 3.40. The zero-order valence-electron chi connectivity index (χ0n) is 12.8. The molecule has 0 saturated heterocycles. The van der Waals surface area contributed by atoms with Crippen LogP contribution in [0.3, 0.4) is 0 Å². The zero-order chi connectivity index (χ0) is 17.4. The van der Waals surface area contributed by atoms with Crippen molar-refractivity contribution in [3.8, 4) is 0 Å². The maximum absolute atomic E-state index is 12.2. The van der Waals surface area contributed by atoms with E-state index in [2.05, 4.69) is 14.3 Å². The summed E-state index contributed by atoms with van der Waals surface area (Å²) < 4.78 is 62.0. The number of alkyl halides is 3. The Labute approximate surface area is 137 Å². The van der Waals surface area contributed by atoms with Gasteiger partial charge in [-0.3, -0.25) is 9.30 Å². The van der Waals surface area contributed by atoms with Gasteiger partial charge in [0.25, 0.3) is 0 Å². The Hall–Kier alpha value is -1.65. The number of halogens is 3. The molecule has 1 aliphatic rings. The van der Waals surface area contributed by atoms with E-state index in [4.69, 9.17) is 0 Å². The van der Waals surface area contributed by atoms with Gasteiger partial charge >= 0.3 is 15.5 Å². The quantitative estimate of drug-likeness (QED) is 0.797. The molecule has 0 amide bonds. The molecule has 0 fully saturated rings. The fourth-order valence-electron chi connectivity index (χ4n) is 2.83. The second-order valence-corrected chi connectivity index (χ2v) is 7.48. The predicted molar refractivity (Wildman–Crippen MR) is 81.5 cm³/mol. The number of hydrogen-bond donors (Lipinski definition) is 1. The van der Waals surface area contributed by atoms with Gasteiger partial charge in [-0.1, -0.05) is 6.07 Å². The van der Waals surface area contributed by atoms with Crippen molar-refractivity contribution in [3.05, 3.63) is 35.8 Å². The van der Waals surface area contributed by atoms with Crippen LogP contribution in [0.1, 0.15) is 24.2 Å². The highest BCUT2D eigenvalue weighted by molar-refractivity contribution is 7.90. The summed E-state index contributed by atoms with van der Waals surface area (Å²) in [5.74, 6) is 0. The molecule has 0 radical (unpaired) electrons. The van der Waals surface area contributed by atoms with Crippen LogP contribution in [-0.2, 0) is 23.1 Å². The van der Waals surface area contributed by atoms with Gasteiger partial charge < -0.3 is 0 Å². The summed E-state index contributed by atoms with van der Waals surface area (Å²) in [6.45, 7) is 1.90. The van der Waals surface area contributed by atoms with Gasteiger partial charge in [0.1, 0.15) is 5.65 Å². The zero-order valence-corrected chi connectivity index (χ0v) is 13.6. The average Bonchev–Trinajstić information content (AvgIpc) is 2.91. The van der Waals surface area contributed by atoms with Crippen LogP contribution in [0.2, 0.25) is 0 Å². The summed E-state index contributed by atoms with van der Waals surface area (Å²) in [6, 6.07) is 5.90. The normalized spacial score (nSPS) is 16.0. The highest BCUT2D eigenvalue weighted by Crippen LogP contribution is 2.22. The first kappa shape index (κ1) is 17.2.